The summed E-state index contributed by atoms with van der Waals surface area (Å²) in [6, 6.07) is 6.96. The van der Waals surface area contributed by atoms with Crippen molar-refractivity contribution >= 4 is 27.9 Å². The van der Waals surface area contributed by atoms with Crippen molar-refractivity contribution in [2.24, 2.45) is 4.99 Å². The van der Waals surface area contributed by atoms with Gasteiger partial charge in [0.15, 0.2) is 6.26 Å². The van der Waals surface area contributed by atoms with E-state index in [9.17, 15) is 18.4 Å². The standard InChI is InChI=1S/C21H14F3N5O2S2/c1-30-16-9-31-17(26-16)15-7-14-18(29-28-15)33-19(27-20(14)4-5-20)32-10-11-2-3-13(21(22,23)24)6-12(11)8-25/h2-3,6-7,9H,4-5,10H2,1H3. The van der Waals surface area contributed by atoms with Gasteiger partial charge in [0.1, 0.15) is 15.1 Å². The molecule has 7 nitrogen and oxygen atoms in total. The minimum absolute atomic E-state index is 0.00563. The summed E-state index contributed by atoms with van der Waals surface area (Å²) in [6.45, 7) is 0. The Hall–Kier alpha value is -3.04. The highest BCUT2D eigenvalue weighted by Gasteiger charge is 2.49. The third-order valence-corrected chi connectivity index (χ3v) is 7.45. The van der Waals surface area contributed by atoms with Crippen LogP contribution in [-0.2, 0) is 17.5 Å². The van der Waals surface area contributed by atoms with Crippen LogP contribution in [0.4, 0.5) is 13.2 Å². The molecule has 1 saturated carbocycles. The molecule has 1 spiro atoms. The van der Waals surface area contributed by atoms with E-state index in [4.69, 9.17) is 14.1 Å². The first-order valence-electron chi connectivity index (χ1n) is 9.70. The van der Waals surface area contributed by atoms with Gasteiger partial charge in [-0.1, -0.05) is 17.8 Å². The Morgan fingerprint density at radius 1 is 1.27 bits per heavy atom. The minimum atomic E-state index is -4.49. The SMILES string of the molecule is COc1coc(-c2cc3c(nn2)SC(SCc2ccc(C(F)(F)F)cc2C#N)=NC32CC2)n1. The number of alkyl halides is 3. The molecule has 1 aromatic carbocycles. The molecule has 1 fully saturated rings. The zero-order valence-electron chi connectivity index (χ0n) is 17.0. The maximum absolute atomic E-state index is 12.9. The third kappa shape index (κ3) is 4.18. The van der Waals surface area contributed by atoms with Crippen molar-refractivity contribution in [3.05, 3.63) is 52.8 Å². The topological polar surface area (TPSA) is 97.2 Å². The van der Waals surface area contributed by atoms with Gasteiger partial charge in [0, 0.05) is 11.3 Å². The number of ether oxygens (including phenoxy) is 1. The maximum Gasteiger partial charge on any atom is 0.416 e. The summed E-state index contributed by atoms with van der Waals surface area (Å²) >= 11 is 2.73. The highest BCUT2D eigenvalue weighted by Crippen LogP contribution is 2.56. The zero-order chi connectivity index (χ0) is 23.2. The van der Waals surface area contributed by atoms with E-state index >= 15 is 0 Å². The van der Waals surface area contributed by atoms with E-state index in [1.54, 1.807) is 0 Å². The average Bonchev–Trinajstić information content (AvgIpc) is 3.40. The molecule has 0 N–H and O–H groups in total. The molecule has 3 heterocycles. The van der Waals surface area contributed by atoms with Crippen LogP contribution in [0.1, 0.15) is 35.1 Å². The Balaban J connectivity index is 1.36. The lowest BCUT2D eigenvalue weighted by Gasteiger charge is -2.21. The number of benzene rings is 1. The fourth-order valence-electron chi connectivity index (χ4n) is 3.39. The molecular formula is C21H14F3N5O2S2. The predicted molar refractivity (Wildman–Crippen MR) is 116 cm³/mol. The summed E-state index contributed by atoms with van der Waals surface area (Å²) in [6.07, 6.45) is -1.39. The summed E-state index contributed by atoms with van der Waals surface area (Å²) in [4.78, 5) is 9.08. The third-order valence-electron chi connectivity index (χ3n) is 5.29. The number of nitriles is 1. The number of oxazole rings is 1. The summed E-state index contributed by atoms with van der Waals surface area (Å²) in [5.74, 6) is 0.968. The zero-order valence-corrected chi connectivity index (χ0v) is 18.6. The number of rotatable bonds is 4. The van der Waals surface area contributed by atoms with Gasteiger partial charge < -0.3 is 9.15 Å². The molecule has 0 saturated heterocycles. The molecule has 2 aliphatic rings. The number of halogens is 3. The fraction of sp³-hybridized carbons (Fsp3) is 0.286. The molecule has 0 unspecified atom stereocenters. The number of methoxy groups -OCH3 is 1. The van der Waals surface area contributed by atoms with Crippen LogP contribution < -0.4 is 4.74 Å². The monoisotopic (exact) mass is 489 g/mol. The molecule has 2 aromatic heterocycles. The molecule has 0 amide bonds. The van der Waals surface area contributed by atoms with Gasteiger partial charge in [-0.2, -0.15) is 23.4 Å². The molecule has 12 heteroatoms. The van der Waals surface area contributed by atoms with Crippen molar-refractivity contribution in [1.29, 1.82) is 5.26 Å². The lowest BCUT2D eigenvalue weighted by Crippen LogP contribution is -2.14. The molecule has 33 heavy (non-hydrogen) atoms. The van der Waals surface area contributed by atoms with E-state index in [-0.39, 0.29) is 11.1 Å². The molecule has 0 bridgehead atoms. The van der Waals surface area contributed by atoms with Crippen LogP contribution in [0.3, 0.4) is 0 Å². The number of nitrogens with zero attached hydrogens (tertiary/aromatic N) is 5. The Bertz CT molecular complexity index is 1310. The van der Waals surface area contributed by atoms with E-state index in [2.05, 4.69) is 15.2 Å². The molecule has 0 radical (unpaired) electrons. The normalized spacial score (nSPS) is 16.2. The van der Waals surface area contributed by atoms with Gasteiger partial charge in [-0.3, -0.25) is 4.99 Å². The Morgan fingerprint density at radius 3 is 2.76 bits per heavy atom. The van der Waals surface area contributed by atoms with Crippen molar-refractivity contribution in [2.75, 3.05) is 7.11 Å². The number of hydrogen-bond acceptors (Lipinski definition) is 9. The molecule has 0 atom stereocenters. The maximum atomic E-state index is 12.9. The summed E-state index contributed by atoms with van der Waals surface area (Å²) in [7, 11) is 1.49. The van der Waals surface area contributed by atoms with Crippen LogP contribution in [0.25, 0.3) is 11.6 Å². The quantitative estimate of drug-likeness (QED) is 0.480. The Morgan fingerprint density at radius 2 is 2.09 bits per heavy atom. The molecular weight excluding hydrogens is 475 g/mol. The van der Waals surface area contributed by atoms with Gasteiger partial charge in [0.25, 0.3) is 5.88 Å². The van der Waals surface area contributed by atoms with Crippen LogP contribution in [0, 0.1) is 11.3 Å². The van der Waals surface area contributed by atoms with Crippen molar-refractivity contribution in [3.8, 4) is 23.5 Å². The number of aliphatic imine (C=N–C) groups is 1. The van der Waals surface area contributed by atoms with E-state index in [0.717, 1.165) is 39.9 Å². The van der Waals surface area contributed by atoms with Crippen LogP contribution in [0.2, 0.25) is 0 Å². The Labute approximate surface area is 194 Å². The number of hydrogen-bond donors (Lipinski definition) is 0. The van der Waals surface area contributed by atoms with Crippen LogP contribution >= 0.6 is 23.5 Å². The molecule has 168 valence electrons. The largest absolute Gasteiger partial charge is 0.479 e. The van der Waals surface area contributed by atoms with E-state index in [1.807, 2.05) is 12.1 Å². The van der Waals surface area contributed by atoms with Gasteiger partial charge in [-0.15, -0.1) is 10.2 Å². The van der Waals surface area contributed by atoms with Gasteiger partial charge >= 0.3 is 6.18 Å². The smallest absolute Gasteiger partial charge is 0.416 e. The first-order valence-corrected chi connectivity index (χ1v) is 11.5. The number of aromatic nitrogens is 3. The van der Waals surface area contributed by atoms with Crippen LogP contribution in [-0.4, -0.2) is 26.7 Å². The van der Waals surface area contributed by atoms with Crippen LogP contribution in [0.15, 0.2) is 45.0 Å². The summed E-state index contributed by atoms with van der Waals surface area (Å²) in [5, 5.41) is 18.6. The highest BCUT2D eigenvalue weighted by atomic mass is 32.2. The average molecular weight is 490 g/mol. The Kier molecular flexibility index (Phi) is 5.33. The first-order chi connectivity index (χ1) is 15.8. The van der Waals surface area contributed by atoms with Gasteiger partial charge in [0.2, 0.25) is 5.89 Å². The second-order valence-electron chi connectivity index (χ2n) is 7.42. The van der Waals surface area contributed by atoms with Crippen molar-refractivity contribution in [2.45, 2.75) is 35.3 Å². The lowest BCUT2D eigenvalue weighted by atomic mass is 10.1. The van der Waals surface area contributed by atoms with Crippen molar-refractivity contribution in [1.82, 2.24) is 15.2 Å². The second-order valence-corrected chi connectivity index (χ2v) is 9.62. The predicted octanol–water partition coefficient (Wildman–Crippen LogP) is 5.41. The molecule has 3 aromatic rings. The van der Waals surface area contributed by atoms with Gasteiger partial charge in [0.05, 0.1) is 29.8 Å². The molecule has 1 aliphatic carbocycles. The minimum Gasteiger partial charge on any atom is -0.479 e. The second kappa shape index (κ2) is 8.07. The lowest BCUT2D eigenvalue weighted by molar-refractivity contribution is -0.137. The molecule has 1 aliphatic heterocycles. The number of fused-ring (bicyclic) bond motifs is 2. The van der Waals surface area contributed by atoms with E-state index < -0.39 is 11.7 Å². The van der Waals surface area contributed by atoms with E-state index in [1.165, 1.54) is 43.0 Å². The van der Waals surface area contributed by atoms with Crippen LogP contribution in [0.5, 0.6) is 5.88 Å². The number of thioether (sulfide) groups is 2. The first kappa shape index (κ1) is 21.8. The van der Waals surface area contributed by atoms with E-state index in [0.29, 0.717) is 28.8 Å². The fourth-order valence-corrected chi connectivity index (χ4v) is 5.63. The summed E-state index contributed by atoms with van der Waals surface area (Å²) < 4.78 is 50.0. The van der Waals surface area contributed by atoms with Gasteiger partial charge in [-0.25, -0.2) is 0 Å². The van der Waals surface area contributed by atoms with Gasteiger partial charge in [-0.05, 0) is 48.4 Å². The van der Waals surface area contributed by atoms with Crippen molar-refractivity contribution in [3.63, 3.8) is 0 Å². The molecule has 5 rings (SSSR count). The summed E-state index contributed by atoms with van der Waals surface area (Å²) in [5.41, 5.74) is 0.741. The van der Waals surface area contributed by atoms with Crippen molar-refractivity contribution < 1.29 is 22.3 Å². The highest BCUT2D eigenvalue weighted by molar-refractivity contribution is 8.38.